The lowest BCUT2D eigenvalue weighted by Crippen LogP contribution is -2.61. The average molecular weight is 1110 g/mol. The first-order valence-electron chi connectivity index (χ1n) is 27.5. The molecule has 3 aromatic rings. The normalized spacial score (nSPS) is 15.2. The molecule has 0 saturated heterocycles. The van der Waals surface area contributed by atoms with Gasteiger partial charge in [-0.25, -0.2) is 4.79 Å². The zero-order chi connectivity index (χ0) is 60.0. The molecule has 0 bridgehead atoms. The summed E-state index contributed by atoms with van der Waals surface area (Å²) in [6, 6.07) is 12.1. The van der Waals surface area contributed by atoms with Crippen molar-refractivity contribution in [3.63, 3.8) is 0 Å². The number of nitrogens with two attached hydrogens (primary N) is 1. The summed E-state index contributed by atoms with van der Waals surface area (Å²) in [7, 11) is 0. The Balaban J connectivity index is 1.88. The van der Waals surface area contributed by atoms with Crippen molar-refractivity contribution in [3.05, 3.63) is 102 Å². The molecule has 10 atom stereocenters. The number of hydrogen-bond donors (Lipinski definition) is 12. The average Bonchev–Trinajstić information content (AvgIpc) is 3.38. The summed E-state index contributed by atoms with van der Waals surface area (Å²) in [4.78, 5) is 125. The fraction of sp³-hybridized carbons (Fsp3) is 0.542. The van der Waals surface area contributed by atoms with Crippen LogP contribution in [0.2, 0.25) is 0 Å². The lowest BCUT2D eigenvalue weighted by molar-refractivity contribution is -0.142. The monoisotopic (exact) mass is 1110 g/mol. The number of nitrogens with one attached hydrogen (secondary N) is 8. The van der Waals surface area contributed by atoms with Crippen LogP contribution in [0.5, 0.6) is 5.75 Å². The molecule has 0 spiro atoms. The Morgan fingerprint density at radius 1 is 0.388 bits per heavy atom. The van der Waals surface area contributed by atoms with Crippen molar-refractivity contribution in [3.8, 4) is 5.75 Å². The number of phenolic OH excluding ortho intramolecular Hbond substituents is 1. The standard InChI is InChI=1S/C59H87N9O12/c1-32(2)26-42(61-51(71)43(27-33(3)4)62-53(73)45(29-38-18-14-12-15-19-38)64-58(78)50(36(9)10)68-56(76)48(60)37(11)69)52(72)63-44(28-34(5)6)55(75)67-49(35(7)8)57(77)65-46(30-39-20-16-13-17-21-39)54(74)66-47(59(79)80)31-40-22-24-41(70)25-23-40/h12-25,32-37,42-50,69-70H,26-31,60H2,1-11H3,(H,61,71)(H,62,73)(H,63,72)(H,64,78)(H,65,77)(H,66,74)(H,67,75)(H,68,76)(H,79,80)/t37-,42+,43+,44+,45+,46+,47+,48+,49+,50+/m1/s1. The first-order valence-corrected chi connectivity index (χ1v) is 27.5. The van der Waals surface area contributed by atoms with Gasteiger partial charge in [-0.1, -0.05) is 142 Å². The molecule has 3 rings (SSSR count). The lowest BCUT2D eigenvalue weighted by Gasteiger charge is -2.30. The maximum Gasteiger partial charge on any atom is 0.326 e. The zero-order valence-electron chi connectivity index (χ0n) is 48.1. The number of aromatic hydroxyl groups is 1. The van der Waals surface area contributed by atoms with Crippen LogP contribution in [0.3, 0.4) is 0 Å². The number of aliphatic hydroxyl groups is 1. The third-order valence-corrected chi connectivity index (χ3v) is 13.2. The number of aliphatic carboxylic acids is 1. The highest BCUT2D eigenvalue weighted by Crippen LogP contribution is 2.16. The minimum absolute atomic E-state index is 0.00276. The molecule has 8 amide bonds. The van der Waals surface area contributed by atoms with Crippen LogP contribution in [0.25, 0.3) is 0 Å². The van der Waals surface area contributed by atoms with Gasteiger partial charge in [0.15, 0.2) is 0 Å². The van der Waals surface area contributed by atoms with Crippen molar-refractivity contribution in [1.82, 2.24) is 42.5 Å². The highest BCUT2D eigenvalue weighted by atomic mass is 16.4. The van der Waals surface area contributed by atoms with Crippen LogP contribution in [0.1, 0.15) is 112 Å². The largest absolute Gasteiger partial charge is 0.508 e. The van der Waals surface area contributed by atoms with Gasteiger partial charge in [0.25, 0.3) is 0 Å². The third kappa shape index (κ3) is 22.8. The molecule has 0 aromatic heterocycles. The molecule has 440 valence electrons. The van der Waals surface area contributed by atoms with E-state index in [2.05, 4.69) is 42.5 Å². The predicted molar refractivity (Wildman–Crippen MR) is 303 cm³/mol. The second-order valence-corrected chi connectivity index (χ2v) is 22.6. The van der Waals surface area contributed by atoms with Crippen LogP contribution in [-0.2, 0) is 62.4 Å². The predicted octanol–water partition coefficient (Wildman–Crippen LogP) is 2.54. The number of aliphatic hydroxyl groups excluding tert-OH is 1. The van der Waals surface area contributed by atoms with Crippen LogP contribution < -0.4 is 48.3 Å². The second kappa shape index (κ2) is 32.6. The second-order valence-electron chi connectivity index (χ2n) is 22.6. The Morgan fingerprint density at radius 3 is 1.00 bits per heavy atom. The van der Waals surface area contributed by atoms with Crippen molar-refractivity contribution in [2.45, 2.75) is 175 Å². The van der Waals surface area contributed by atoms with Gasteiger partial charge < -0.3 is 63.6 Å². The maximum absolute atomic E-state index is 14.4. The Morgan fingerprint density at radius 2 is 0.675 bits per heavy atom. The van der Waals surface area contributed by atoms with E-state index >= 15 is 0 Å². The molecule has 0 aliphatic rings. The fourth-order valence-corrected chi connectivity index (χ4v) is 8.70. The Labute approximate surface area is 470 Å². The molecule has 0 saturated carbocycles. The van der Waals surface area contributed by atoms with Crippen LogP contribution in [-0.4, -0.2) is 129 Å². The van der Waals surface area contributed by atoms with Crippen molar-refractivity contribution >= 4 is 53.2 Å². The molecule has 0 unspecified atom stereocenters. The van der Waals surface area contributed by atoms with E-state index in [1.54, 1.807) is 88.4 Å². The van der Waals surface area contributed by atoms with Crippen LogP contribution in [0.4, 0.5) is 0 Å². The van der Waals surface area contributed by atoms with Crippen molar-refractivity contribution in [1.29, 1.82) is 0 Å². The molecule has 80 heavy (non-hydrogen) atoms. The molecule has 0 radical (unpaired) electrons. The van der Waals surface area contributed by atoms with Gasteiger partial charge in [0.2, 0.25) is 47.3 Å². The molecule has 0 aliphatic carbocycles. The van der Waals surface area contributed by atoms with Crippen molar-refractivity contribution in [2.75, 3.05) is 0 Å². The van der Waals surface area contributed by atoms with E-state index < -0.39 is 126 Å². The molecule has 0 aliphatic heterocycles. The summed E-state index contributed by atoms with van der Waals surface area (Å²) in [5.74, 6) is -8.73. The topological polar surface area (TPSA) is 337 Å². The maximum atomic E-state index is 14.4. The number of phenols is 1. The Hall–Kier alpha value is -7.39. The zero-order valence-corrected chi connectivity index (χ0v) is 48.1. The molecule has 13 N–H and O–H groups in total. The van der Waals surface area contributed by atoms with Crippen molar-refractivity contribution in [2.24, 2.45) is 35.3 Å². The van der Waals surface area contributed by atoms with Crippen LogP contribution in [0, 0.1) is 29.6 Å². The van der Waals surface area contributed by atoms with Gasteiger partial charge in [0.05, 0.1) is 6.10 Å². The van der Waals surface area contributed by atoms with Gasteiger partial charge in [0, 0.05) is 19.3 Å². The summed E-state index contributed by atoms with van der Waals surface area (Å²) < 4.78 is 0. The molecule has 0 heterocycles. The van der Waals surface area contributed by atoms with Crippen LogP contribution >= 0.6 is 0 Å². The lowest BCUT2D eigenvalue weighted by atomic mass is 9.97. The van der Waals surface area contributed by atoms with E-state index in [0.29, 0.717) is 16.7 Å². The smallest absolute Gasteiger partial charge is 0.326 e. The summed E-state index contributed by atoms with van der Waals surface area (Å²) in [5, 5.41) is 51.5. The van der Waals surface area contributed by atoms with Crippen molar-refractivity contribution < 1.29 is 58.5 Å². The fourth-order valence-electron chi connectivity index (χ4n) is 8.70. The summed E-state index contributed by atoms with van der Waals surface area (Å²) >= 11 is 0. The number of benzene rings is 3. The van der Waals surface area contributed by atoms with Gasteiger partial charge in [0.1, 0.15) is 60.1 Å². The van der Waals surface area contributed by atoms with Gasteiger partial charge in [-0.2, -0.15) is 0 Å². The highest BCUT2D eigenvalue weighted by Gasteiger charge is 2.37. The Kier molecular flexibility index (Phi) is 27.3. The number of carboxylic acids is 1. The molecule has 21 nitrogen and oxygen atoms in total. The number of carboxylic acid groups (broad SMARTS) is 1. The van der Waals surface area contributed by atoms with Gasteiger partial charge in [-0.15, -0.1) is 0 Å². The van der Waals surface area contributed by atoms with Gasteiger partial charge >= 0.3 is 5.97 Å². The number of amides is 8. The minimum Gasteiger partial charge on any atom is -0.508 e. The Bertz CT molecular complexity index is 2510. The SMILES string of the molecule is CC(C)C[C@H](NC(=O)[C@H](CC(C)C)NC(=O)[C@H](Cc1ccccc1)NC(=O)[C@@H](NC(=O)[C@@H](N)[C@@H](C)O)C(C)C)C(=O)N[C@@H](CC(C)C)C(=O)N[C@H](C(=O)N[C@@H](Cc1ccccc1)C(=O)N[C@@H](Cc1ccc(O)cc1)C(=O)O)C(C)C. The van der Waals surface area contributed by atoms with E-state index in [4.69, 9.17) is 5.73 Å². The first-order chi connectivity index (χ1) is 37.6. The molecular formula is C59H87N9O12. The van der Waals surface area contributed by atoms with E-state index in [-0.39, 0.29) is 62.0 Å². The number of hydrogen-bond acceptors (Lipinski definition) is 12. The summed E-state index contributed by atoms with van der Waals surface area (Å²) in [6.45, 7) is 19.1. The third-order valence-electron chi connectivity index (χ3n) is 13.2. The number of rotatable bonds is 32. The van der Waals surface area contributed by atoms with E-state index in [1.165, 1.54) is 31.2 Å². The van der Waals surface area contributed by atoms with E-state index in [0.717, 1.165) is 0 Å². The number of carbonyl (C=O) groups is 9. The minimum atomic E-state index is -1.40. The van der Waals surface area contributed by atoms with E-state index in [1.807, 2.05) is 41.5 Å². The first kappa shape index (κ1) is 66.9. The molecule has 3 aromatic carbocycles. The van der Waals surface area contributed by atoms with Gasteiger partial charge in [-0.3, -0.25) is 38.4 Å². The summed E-state index contributed by atoms with van der Waals surface area (Å²) in [5.41, 5.74) is 7.71. The molecule has 21 heteroatoms. The van der Waals surface area contributed by atoms with Crippen LogP contribution in [0.15, 0.2) is 84.9 Å². The molecule has 0 fully saturated rings. The molecular weight excluding hydrogens is 1030 g/mol. The van der Waals surface area contributed by atoms with Gasteiger partial charge in [-0.05, 0) is 84.6 Å². The quantitative estimate of drug-likeness (QED) is 0.0428. The van der Waals surface area contributed by atoms with E-state index in [9.17, 15) is 58.5 Å². The summed E-state index contributed by atoms with van der Waals surface area (Å²) in [6.07, 6.45) is -1.02. The highest BCUT2D eigenvalue weighted by molar-refractivity contribution is 5.98. The number of carbonyl (C=O) groups excluding carboxylic acids is 8.